The van der Waals surface area contributed by atoms with Crippen LogP contribution in [0.1, 0.15) is 51.5 Å². The van der Waals surface area contributed by atoms with Crippen molar-refractivity contribution in [3.05, 3.63) is 53.8 Å². The van der Waals surface area contributed by atoms with Crippen LogP contribution in [-0.4, -0.2) is 53.1 Å². The van der Waals surface area contributed by atoms with Crippen molar-refractivity contribution >= 4 is 22.7 Å². The van der Waals surface area contributed by atoms with Gasteiger partial charge in [-0.2, -0.15) is 0 Å². The molecule has 0 aliphatic heterocycles. The lowest BCUT2D eigenvalue weighted by atomic mass is 10.2. The Bertz CT molecular complexity index is 1110. The smallest absolute Gasteiger partial charge is 0.411 e. The van der Waals surface area contributed by atoms with E-state index in [4.69, 9.17) is 14.6 Å². The molecule has 0 unspecified atom stereocenters. The summed E-state index contributed by atoms with van der Waals surface area (Å²) in [5.41, 5.74) is 2.45. The molecule has 2 aromatic carbocycles. The van der Waals surface area contributed by atoms with Gasteiger partial charge in [0.2, 0.25) is 5.88 Å². The zero-order valence-corrected chi connectivity index (χ0v) is 20.6. The SMILES string of the molecule is CCN(CC)CCCOc1nn(Cc2ccc(F)cc2)c2ccc(NC(=O)OC3CCCC3)cc12. The van der Waals surface area contributed by atoms with Gasteiger partial charge in [0.1, 0.15) is 11.9 Å². The molecule has 1 N–H and O–H groups in total. The van der Waals surface area contributed by atoms with E-state index in [1.165, 1.54) is 12.1 Å². The van der Waals surface area contributed by atoms with Crippen LogP contribution in [0.15, 0.2) is 42.5 Å². The zero-order chi connectivity index (χ0) is 24.6. The highest BCUT2D eigenvalue weighted by Crippen LogP contribution is 2.29. The lowest BCUT2D eigenvalue weighted by Crippen LogP contribution is -2.25. The van der Waals surface area contributed by atoms with Crippen molar-refractivity contribution in [2.45, 2.75) is 58.6 Å². The molecule has 1 aliphatic carbocycles. The number of rotatable bonds is 11. The maximum absolute atomic E-state index is 13.3. The third-order valence-electron chi connectivity index (χ3n) is 6.54. The van der Waals surface area contributed by atoms with Crippen LogP contribution in [0.25, 0.3) is 10.9 Å². The van der Waals surface area contributed by atoms with Gasteiger partial charge in [0, 0.05) is 12.2 Å². The standard InChI is InChI=1S/C27H35FN4O3/c1-3-31(4-2)16-7-17-34-26-24-18-22(29-27(33)35-23-8-5-6-9-23)14-15-25(24)32(30-26)19-20-10-12-21(28)13-11-20/h10-15,18,23H,3-9,16-17,19H2,1-2H3,(H,29,33). The first-order chi connectivity index (χ1) is 17.1. The number of fused-ring (bicyclic) bond motifs is 1. The molecule has 1 aromatic heterocycles. The van der Waals surface area contributed by atoms with Crippen LogP contribution in [0.2, 0.25) is 0 Å². The number of hydrogen-bond acceptors (Lipinski definition) is 5. The van der Waals surface area contributed by atoms with E-state index in [1.54, 1.807) is 12.1 Å². The highest BCUT2D eigenvalue weighted by molar-refractivity contribution is 5.92. The number of aromatic nitrogens is 2. The summed E-state index contributed by atoms with van der Waals surface area (Å²) in [4.78, 5) is 14.7. The first-order valence-electron chi connectivity index (χ1n) is 12.6. The molecular weight excluding hydrogens is 447 g/mol. The van der Waals surface area contributed by atoms with Crippen LogP contribution in [0, 0.1) is 5.82 Å². The summed E-state index contributed by atoms with van der Waals surface area (Å²) in [6.07, 6.45) is 4.51. The van der Waals surface area contributed by atoms with Crippen molar-refractivity contribution in [3.8, 4) is 5.88 Å². The second kappa shape index (κ2) is 12.0. The molecule has 7 nitrogen and oxygen atoms in total. The minimum Gasteiger partial charge on any atom is -0.476 e. The molecule has 0 saturated heterocycles. The topological polar surface area (TPSA) is 68.6 Å². The predicted molar refractivity (Wildman–Crippen MR) is 135 cm³/mol. The Kier molecular flexibility index (Phi) is 8.58. The largest absolute Gasteiger partial charge is 0.476 e. The van der Waals surface area contributed by atoms with E-state index in [0.717, 1.165) is 68.2 Å². The number of amides is 1. The van der Waals surface area contributed by atoms with Gasteiger partial charge >= 0.3 is 6.09 Å². The van der Waals surface area contributed by atoms with Crippen LogP contribution in [0.4, 0.5) is 14.9 Å². The van der Waals surface area contributed by atoms with Gasteiger partial charge in [-0.25, -0.2) is 9.18 Å². The van der Waals surface area contributed by atoms with Crippen LogP contribution in [0.5, 0.6) is 5.88 Å². The first-order valence-corrected chi connectivity index (χ1v) is 12.6. The number of benzene rings is 2. The Labute approximate surface area is 206 Å². The zero-order valence-electron chi connectivity index (χ0n) is 20.6. The van der Waals surface area contributed by atoms with Gasteiger partial charge < -0.3 is 14.4 Å². The monoisotopic (exact) mass is 482 g/mol. The Balaban J connectivity index is 1.51. The maximum atomic E-state index is 13.3. The van der Waals surface area contributed by atoms with E-state index in [0.29, 0.717) is 24.7 Å². The van der Waals surface area contributed by atoms with Crippen LogP contribution in [0.3, 0.4) is 0 Å². The van der Waals surface area contributed by atoms with E-state index in [-0.39, 0.29) is 11.9 Å². The fourth-order valence-corrected chi connectivity index (χ4v) is 4.52. The summed E-state index contributed by atoms with van der Waals surface area (Å²) in [6.45, 7) is 8.32. The fraction of sp³-hybridized carbons (Fsp3) is 0.481. The van der Waals surface area contributed by atoms with Crippen molar-refractivity contribution in [2.24, 2.45) is 0 Å². The minimum atomic E-state index is -0.434. The van der Waals surface area contributed by atoms with Crippen molar-refractivity contribution in [3.63, 3.8) is 0 Å². The van der Waals surface area contributed by atoms with Gasteiger partial charge in [0.25, 0.3) is 0 Å². The van der Waals surface area contributed by atoms with Crippen LogP contribution in [-0.2, 0) is 11.3 Å². The molecule has 0 spiro atoms. The summed E-state index contributed by atoms with van der Waals surface area (Å²) < 4.78 is 26.8. The Hall–Kier alpha value is -3.13. The maximum Gasteiger partial charge on any atom is 0.411 e. The number of hydrogen-bond donors (Lipinski definition) is 1. The number of carbonyl (C=O) groups is 1. The van der Waals surface area contributed by atoms with Gasteiger partial charge in [-0.15, -0.1) is 5.10 Å². The van der Waals surface area contributed by atoms with E-state index in [2.05, 4.69) is 24.1 Å². The number of halogens is 1. The highest BCUT2D eigenvalue weighted by atomic mass is 19.1. The molecule has 188 valence electrons. The Morgan fingerprint density at radius 2 is 1.89 bits per heavy atom. The van der Waals surface area contributed by atoms with Gasteiger partial charge in [0.05, 0.1) is 24.1 Å². The lowest BCUT2D eigenvalue weighted by molar-refractivity contribution is 0.114. The highest BCUT2D eigenvalue weighted by Gasteiger charge is 2.20. The normalized spacial score (nSPS) is 14.1. The number of nitrogens with one attached hydrogen (secondary N) is 1. The van der Waals surface area contributed by atoms with Gasteiger partial charge in [-0.05, 0) is 81.1 Å². The molecule has 0 radical (unpaired) electrons. The van der Waals surface area contributed by atoms with E-state index in [9.17, 15) is 9.18 Å². The molecule has 8 heteroatoms. The van der Waals surface area contributed by atoms with Gasteiger partial charge in [0.15, 0.2) is 0 Å². The quantitative estimate of drug-likeness (QED) is 0.349. The fourth-order valence-electron chi connectivity index (χ4n) is 4.52. The summed E-state index contributed by atoms with van der Waals surface area (Å²) in [5, 5.41) is 8.37. The molecule has 4 rings (SSSR count). The van der Waals surface area contributed by atoms with Crippen molar-refractivity contribution < 1.29 is 18.7 Å². The third kappa shape index (κ3) is 6.72. The van der Waals surface area contributed by atoms with E-state index >= 15 is 0 Å². The molecule has 35 heavy (non-hydrogen) atoms. The summed E-state index contributed by atoms with van der Waals surface area (Å²) >= 11 is 0. The average Bonchev–Trinajstić information content (AvgIpc) is 3.48. The Morgan fingerprint density at radius 3 is 2.60 bits per heavy atom. The molecular formula is C27H35FN4O3. The summed E-state index contributed by atoms with van der Waals surface area (Å²) in [7, 11) is 0. The van der Waals surface area contributed by atoms with E-state index < -0.39 is 6.09 Å². The molecule has 1 aliphatic rings. The summed E-state index contributed by atoms with van der Waals surface area (Å²) in [6, 6.07) is 12.0. The number of nitrogens with zero attached hydrogens (tertiary/aromatic N) is 3. The van der Waals surface area contributed by atoms with Gasteiger partial charge in [-0.1, -0.05) is 26.0 Å². The number of anilines is 1. The average molecular weight is 483 g/mol. The molecule has 1 amide bonds. The van der Waals surface area contributed by atoms with Crippen LogP contribution >= 0.6 is 0 Å². The lowest BCUT2D eigenvalue weighted by Gasteiger charge is -2.17. The first kappa shape index (κ1) is 25.0. The Morgan fingerprint density at radius 1 is 1.14 bits per heavy atom. The van der Waals surface area contributed by atoms with Crippen molar-refractivity contribution in [1.82, 2.24) is 14.7 Å². The molecule has 0 atom stereocenters. The van der Waals surface area contributed by atoms with Crippen molar-refractivity contribution in [1.29, 1.82) is 0 Å². The predicted octanol–water partition coefficient (Wildman–Crippen LogP) is 5.83. The van der Waals surface area contributed by atoms with Gasteiger partial charge in [-0.3, -0.25) is 10.00 Å². The molecule has 0 bridgehead atoms. The second-order valence-electron chi connectivity index (χ2n) is 8.99. The molecule has 1 heterocycles. The second-order valence-corrected chi connectivity index (χ2v) is 8.99. The van der Waals surface area contributed by atoms with Crippen molar-refractivity contribution in [2.75, 3.05) is 31.6 Å². The minimum absolute atomic E-state index is 0.00175. The van der Waals surface area contributed by atoms with Crippen LogP contribution < -0.4 is 10.1 Å². The number of carbonyl (C=O) groups excluding carboxylic acids is 1. The third-order valence-corrected chi connectivity index (χ3v) is 6.54. The molecule has 1 fully saturated rings. The molecule has 3 aromatic rings. The van der Waals surface area contributed by atoms with E-state index in [1.807, 2.05) is 22.9 Å². The summed E-state index contributed by atoms with van der Waals surface area (Å²) in [5.74, 6) is 0.256. The number of ether oxygens (including phenoxy) is 2. The molecule has 1 saturated carbocycles.